The van der Waals surface area contributed by atoms with Gasteiger partial charge in [0.2, 0.25) is 0 Å². The summed E-state index contributed by atoms with van der Waals surface area (Å²) in [6, 6.07) is 13.8. The molecule has 0 radical (unpaired) electrons. The topological polar surface area (TPSA) is 61.5 Å². The van der Waals surface area contributed by atoms with Crippen LogP contribution in [0.4, 0.5) is 4.39 Å². The van der Waals surface area contributed by atoms with Gasteiger partial charge in [-0.1, -0.05) is 34.5 Å². The molecule has 2 aromatic carbocycles. The molecule has 1 amide bonds. The first kappa shape index (κ1) is 19.6. The second kappa shape index (κ2) is 8.37. The van der Waals surface area contributed by atoms with Gasteiger partial charge in [0.25, 0.3) is 12.5 Å². The van der Waals surface area contributed by atoms with Crippen molar-refractivity contribution in [1.29, 1.82) is 0 Å². The Labute approximate surface area is 171 Å². The van der Waals surface area contributed by atoms with Crippen molar-refractivity contribution in [3.05, 3.63) is 65.5 Å². The zero-order valence-corrected chi connectivity index (χ0v) is 16.9. The van der Waals surface area contributed by atoms with E-state index in [-0.39, 0.29) is 35.5 Å². The summed E-state index contributed by atoms with van der Waals surface area (Å²) in [5.74, 6) is -0.435. The average Bonchev–Trinajstić information content (AvgIpc) is 3.14. The highest BCUT2D eigenvalue weighted by atomic mass is 32.2. The maximum Gasteiger partial charge on any atom is 0.288 e. The monoisotopic (exact) mass is 412 g/mol. The van der Waals surface area contributed by atoms with Crippen molar-refractivity contribution in [2.75, 3.05) is 6.54 Å². The van der Waals surface area contributed by atoms with Crippen molar-refractivity contribution in [2.45, 2.75) is 41.9 Å². The van der Waals surface area contributed by atoms with Crippen molar-refractivity contribution in [2.24, 2.45) is 5.10 Å². The Morgan fingerprint density at radius 2 is 1.90 bits per heavy atom. The molecule has 0 spiro atoms. The number of carbonyl (C=O) groups is 1. The van der Waals surface area contributed by atoms with Gasteiger partial charge in [0.05, 0.1) is 22.3 Å². The van der Waals surface area contributed by atoms with Gasteiger partial charge in [-0.15, -0.1) is 0 Å². The maximum absolute atomic E-state index is 13.1. The minimum absolute atomic E-state index is 0.0610. The largest absolute Gasteiger partial charge is 0.347 e. The fourth-order valence-electron chi connectivity index (χ4n) is 3.51. The number of aryl methyl sites for hydroxylation is 1. The lowest BCUT2D eigenvalue weighted by molar-refractivity contribution is -0.514. The van der Waals surface area contributed by atoms with Gasteiger partial charge < -0.3 is 5.32 Å². The fraction of sp³-hybridized carbons (Fsp3) is 0.318. The van der Waals surface area contributed by atoms with Gasteiger partial charge in [-0.3, -0.25) is 9.00 Å². The van der Waals surface area contributed by atoms with Crippen LogP contribution in [0.1, 0.15) is 29.9 Å². The highest BCUT2D eigenvalue weighted by molar-refractivity contribution is 7.85. The standard InChI is InChI=1S/C22H22FN3O2S/c1-15-2-4-16(5-3-15)17-12-24-26(13-17)14-22(27)25-20-10-11-21(20)29(28)19-8-6-18(23)7-9-19/h2-9,12-13,17,20-21H,10-11,14H2,1H3/p+1/t17?,20-,21+,29?/m1/s1. The molecule has 1 fully saturated rings. The Morgan fingerprint density at radius 3 is 2.55 bits per heavy atom. The van der Waals surface area contributed by atoms with Crippen LogP contribution in [-0.2, 0) is 15.6 Å². The number of carbonyl (C=O) groups excluding carboxylic acids is 1. The van der Waals surface area contributed by atoms with Crippen molar-refractivity contribution >= 4 is 29.1 Å². The number of hydrazone groups is 1. The SMILES string of the molecule is Cc1ccc(C2C=N[N+](CC(=O)N[C@@H]3CC[C@@H]3S(=O)c3ccc(F)cc3)=C2)cc1. The summed E-state index contributed by atoms with van der Waals surface area (Å²) in [6.45, 7) is 2.18. The molecule has 0 bridgehead atoms. The first-order chi connectivity index (χ1) is 14.0. The van der Waals surface area contributed by atoms with E-state index in [0.29, 0.717) is 4.90 Å². The van der Waals surface area contributed by atoms with Crippen LogP contribution < -0.4 is 5.32 Å². The smallest absolute Gasteiger partial charge is 0.288 e. The average molecular weight is 413 g/mol. The van der Waals surface area contributed by atoms with Crippen molar-refractivity contribution in [1.82, 2.24) is 5.32 Å². The summed E-state index contributed by atoms with van der Waals surface area (Å²) in [5.41, 5.74) is 2.34. The molecule has 1 N–H and O–H groups in total. The van der Waals surface area contributed by atoms with Crippen LogP contribution in [0.25, 0.3) is 0 Å². The third kappa shape index (κ3) is 4.50. The fourth-order valence-corrected chi connectivity index (χ4v) is 5.11. The molecular formula is C22H23FN3O2S+. The molecule has 2 aliphatic rings. The Morgan fingerprint density at radius 1 is 1.17 bits per heavy atom. The number of hydrogen-bond donors (Lipinski definition) is 1. The highest BCUT2D eigenvalue weighted by Crippen LogP contribution is 2.29. The summed E-state index contributed by atoms with van der Waals surface area (Å²) >= 11 is 0. The van der Waals surface area contributed by atoms with E-state index in [1.54, 1.807) is 16.8 Å². The Balaban J connectivity index is 1.32. The normalized spacial score (nSPS) is 23.9. The second-order valence-electron chi connectivity index (χ2n) is 7.49. The molecule has 7 heteroatoms. The van der Waals surface area contributed by atoms with Crippen LogP contribution in [0.2, 0.25) is 0 Å². The quantitative estimate of drug-likeness (QED) is 0.742. The van der Waals surface area contributed by atoms with Crippen LogP contribution >= 0.6 is 0 Å². The lowest BCUT2D eigenvalue weighted by atomic mass is 9.92. The number of benzene rings is 2. The molecule has 2 unspecified atom stereocenters. The molecule has 1 heterocycles. The van der Waals surface area contributed by atoms with Gasteiger partial charge in [0, 0.05) is 10.9 Å². The number of halogens is 1. The zero-order valence-electron chi connectivity index (χ0n) is 16.1. The number of rotatable bonds is 6. The molecule has 1 aliphatic carbocycles. The first-order valence-corrected chi connectivity index (χ1v) is 10.9. The summed E-state index contributed by atoms with van der Waals surface area (Å²) in [5, 5.41) is 7.15. The Kier molecular flexibility index (Phi) is 5.67. The van der Waals surface area contributed by atoms with Crippen molar-refractivity contribution in [3.8, 4) is 0 Å². The molecule has 5 nitrogen and oxygen atoms in total. The molecule has 0 saturated heterocycles. The van der Waals surface area contributed by atoms with E-state index >= 15 is 0 Å². The van der Waals surface area contributed by atoms with Crippen LogP contribution in [0.3, 0.4) is 0 Å². The van der Waals surface area contributed by atoms with Gasteiger partial charge in [-0.05, 0) is 54.7 Å². The summed E-state index contributed by atoms with van der Waals surface area (Å²) in [4.78, 5) is 13.0. The van der Waals surface area contributed by atoms with Gasteiger partial charge in [0.15, 0.2) is 6.21 Å². The Bertz CT molecular complexity index is 986. The predicted octanol–water partition coefficient (Wildman–Crippen LogP) is 2.76. The third-order valence-electron chi connectivity index (χ3n) is 5.35. The molecule has 2 aromatic rings. The maximum atomic E-state index is 13.1. The van der Waals surface area contributed by atoms with Crippen molar-refractivity contribution in [3.63, 3.8) is 0 Å². The second-order valence-corrected chi connectivity index (χ2v) is 9.16. The van der Waals surface area contributed by atoms with Gasteiger partial charge in [0.1, 0.15) is 11.7 Å². The zero-order chi connectivity index (χ0) is 20.4. The van der Waals surface area contributed by atoms with E-state index in [0.717, 1.165) is 18.4 Å². The summed E-state index contributed by atoms with van der Waals surface area (Å²) < 4.78 is 27.4. The van der Waals surface area contributed by atoms with E-state index in [1.165, 1.54) is 17.7 Å². The van der Waals surface area contributed by atoms with E-state index in [1.807, 2.05) is 19.4 Å². The summed E-state index contributed by atoms with van der Waals surface area (Å²) in [6.07, 6.45) is 5.33. The molecule has 1 saturated carbocycles. The van der Waals surface area contributed by atoms with Crippen LogP contribution in [0.15, 0.2) is 58.5 Å². The van der Waals surface area contributed by atoms with Gasteiger partial charge in [-0.25, -0.2) is 4.39 Å². The van der Waals surface area contributed by atoms with Crippen LogP contribution in [0, 0.1) is 12.7 Å². The van der Waals surface area contributed by atoms with E-state index in [9.17, 15) is 13.4 Å². The predicted molar refractivity (Wildman–Crippen MR) is 111 cm³/mol. The molecule has 29 heavy (non-hydrogen) atoms. The van der Waals surface area contributed by atoms with Gasteiger partial charge in [-0.2, -0.15) is 0 Å². The summed E-state index contributed by atoms with van der Waals surface area (Å²) in [7, 11) is -1.27. The molecule has 4 atom stereocenters. The van der Waals surface area contributed by atoms with Crippen molar-refractivity contribution < 1.29 is 18.1 Å². The molecule has 150 valence electrons. The van der Waals surface area contributed by atoms with E-state index in [2.05, 4.69) is 34.7 Å². The van der Waals surface area contributed by atoms with Crippen LogP contribution in [-0.4, -0.2) is 45.1 Å². The number of amides is 1. The number of nitrogens with one attached hydrogen (secondary N) is 1. The molecular weight excluding hydrogens is 389 g/mol. The van der Waals surface area contributed by atoms with Crippen LogP contribution in [0.5, 0.6) is 0 Å². The molecule has 4 rings (SSSR count). The minimum atomic E-state index is -1.27. The van der Waals surface area contributed by atoms with E-state index in [4.69, 9.17) is 0 Å². The number of nitrogens with zero attached hydrogens (tertiary/aromatic N) is 2. The molecule has 0 aromatic heterocycles. The lowest BCUT2D eigenvalue weighted by Gasteiger charge is -2.35. The molecule has 1 aliphatic heterocycles. The first-order valence-electron chi connectivity index (χ1n) is 9.67. The van der Waals surface area contributed by atoms with E-state index < -0.39 is 10.8 Å². The van der Waals surface area contributed by atoms with Gasteiger partial charge >= 0.3 is 0 Å². The minimum Gasteiger partial charge on any atom is -0.347 e. The number of hydrogen-bond acceptors (Lipinski definition) is 3. The highest BCUT2D eigenvalue weighted by Gasteiger charge is 2.38. The Hall–Kier alpha value is -2.67. The lowest BCUT2D eigenvalue weighted by Crippen LogP contribution is -2.53. The third-order valence-corrected chi connectivity index (χ3v) is 7.21.